The third kappa shape index (κ3) is 4.20. The standard InChI is InChI=1S/C26H25ClF3NO2S/c1-15(2)25(24(32)33-3,31-22-11-10-17(14-21(22)27)26(28,29)30)20-9-5-8-19-18(20)7-4-6-16-12-13-34-23(16)19/h5,8-15,31H,4,6-7H2,1-3H3. The molecule has 0 spiro atoms. The molecule has 1 N–H and O–H groups in total. The fourth-order valence-electron chi connectivity index (χ4n) is 4.75. The minimum absolute atomic E-state index is 0.119. The minimum atomic E-state index is -4.52. The molecule has 2 aromatic carbocycles. The van der Waals surface area contributed by atoms with Crippen LogP contribution in [0, 0.1) is 5.92 Å². The molecule has 0 bridgehead atoms. The maximum Gasteiger partial charge on any atom is 0.416 e. The second kappa shape index (κ2) is 9.27. The van der Waals surface area contributed by atoms with Crippen molar-refractivity contribution in [2.45, 2.75) is 44.8 Å². The summed E-state index contributed by atoms with van der Waals surface area (Å²) in [4.78, 5) is 14.7. The van der Waals surface area contributed by atoms with Gasteiger partial charge in [0.05, 0.1) is 23.4 Å². The first kappa shape index (κ1) is 24.6. The lowest BCUT2D eigenvalue weighted by Gasteiger charge is -2.39. The number of methoxy groups -OCH3 is 1. The summed E-state index contributed by atoms with van der Waals surface area (Å²) in [5, 5.41) is 5.18. The van der Waals surface area contributed by atoms with Gasteiger partial charge in [-0.05, 0) is 77.1 Å². The Labute approximate surface area is 205 Å². The number of benzene rings is 2. The number of anilines is 1. The van der Waals surface area contributed by atoms with Gasteiger partial charge < -0.3 is 10.1 Å². The van der Waals surface area contributed by atoms with Gasteiger partial charge >= 0.3 is 12.1 Å². The molecule has 1 heterocycles. The number of nitrogens with one attached hydrogen (secondary N) is 1. The average Bonchev–Trinajstić information content (AvgIpc) is 3.18. The number of thiophene rings is 1. The summed E-state index contributed by atoms with van der Waals surface area (Å²) in [7, 11) is 1.31. The van der Waals surface area contributed by atoms with Crippen LogP contribution in [0.4, 0.5) is 18.9 Å². The van der Waals surface area contributed by atoms with Crippen molar-refractivity contribution in [2.24, 2.45) is 5.92 Å². The molecule has 0 amide bonds. The van der Waals surface area contributed by atoms with Crippen LogP contribution >= 0.6 is 22.9 Å². The van der Waals surface area contributed by atoms with Crippen LogP contribution in [0.25, 0.3) is 10.4 Å². The van der Waals surface area contributed by atoms with E-state index in [9.17, 15) is 18.0 Å². The molecule has 0 aliphatic heterocycles. The van der Waals surface area contributed by atoms with E-state index in [1.165, 1.54) is 23.6 Å². The summed E-state index contributed by atoms with van der Waals surface area (Å²) in [5.74, 6) is -0.835. The summed E-state index contributed by atoms with van der Waals surface area (Å²) in [5.41, 5.74) is 2.18. The van der Waals surface area contributed by atoms with Crippen LogP contribution in [-0.4, -0.2) is 13.1 Å². The first-order valence-electron chi connectivity index (χ1n) is 11.0. The van der Waals surface area contributed by atoms with Gasteiger partial charge in [0.1, 0.15) is 0 Å². The predicted molar refractivity (Wildman–Crippen MR) is 130 cm³/mol. The van der Waals surface area contributed by atoms with Gasteiger partial charge in [-0.2, -0.15) is 13.2 Å². The number of aryl methyl sites for hydroxylation is 1. The highest BCUT2D eigenvalue weighted by atomic mass is 35.5. The molecule has 34 heavy (non-hydrogen) atoms. The third-order valence-electron chi connectivity index (χ3n) is 6.47. The highest BCUT2D eigenvalue weighted by Gasteiger charge is 2.47. The molecule has 3 aromatic rings. The summed E-state index contributed by atoms with van der Waals surface area (Å²) in [6, 6.07) is 11.1. The molecule has 0 fully saturated rings. The second-order valence-corrected chi connectivity index (χ2v) is 10.1. The second-order valence-electron chi connectivity index (χ2n) is 8.73. The van der Waals surface area contributed by atoms with Crippen molar-refractivity contribution in [1.82, 2.24) is 0 Å². The van der Waals surface area contributed by atoms with Crippen molar-refractivity contribution in [3.63, 3.8) is 0 Å². The Morgan fingerprint density at radius 2 is 1.91 bits per heavy atom. The molecule has 180 valence electrons. The van der Waals surface area contributed by atoms with Crippen LogP contribution < -0.4 is 5.32 Å². The quantitative estimate of drug-likeness (QED) is 0.359. The molecule has 0 saturated carbocycles. The van der Waals surface area contributed by atoms with E-state index >= 15 is 0 Å². The maximum atomic E-state index is 13.5. The van der Waals surface area contributed by atoms with E-state index in [0.717, 1.165) is 48.1 Å². The molecule has 1 aliphatic rings. The first-order chi connectivity index (χ1) is 16.1. The number of hydrogen-bond donors (Lipinski definition) is 1. The van der Waals surface area contributed by atoms with Crippen LogP contribution in [0.1, 0.15) is 42.5 Å². The molecule has 8 heteroatoms. The Balaban J connectivity index is 1.91. The number of fused-ring (bicyclic) bond motifs is 3. The van der Waals surface area contributed by atoms with Gasteiger partial charge in [0.2, 0.25) is 0 Å². The van der Waals surface area contributed by atoms with Gasteiger partial charge in [-0.15, -0.1) is 11.3 Å². The molecule has 3 nitrogen and oxygen atoms in total. The number of ether oxygens (including phenoxy) is 1. The van der Waals surface area contributed by atoms with Gasteiger partial charge in [-0.3, -0.25) is 0 Å². The Morgan fingerprint density at radius 1 is 1.15 bits per heavy atom. The van der Waals surface area contributed by atoms with Crippen LogP contribution in [0.5, 0.6) is 0 Å². The topological polar surface area (TPSA) is 38.3 Å². The molecular formula is C26H25ClF3NO2S. The number of esters is 1. The van der Waals surface area contributed by atoms with E-state index < -0.39 is 23.2 Å². The summed E-state index contributed by atoms with van der Waals surface area (Å²) in [6.07, 6.45) is -1.89. The normalized spacial score (nSPS) is 15.2. The van der Waals surface area contributed by atoms with Gasteiger partial charge in [0, 0.05) is 4.88 Å². The SMILES string of the molecule is COC(=O)C(Nc1ccc(C(F)(F)F)cc1Cl)(c1cccc2c1CCCc1ccsc1-2)C(C)C. The molecule has 1 atom stereocenters. The molecular weight excluding hydrogens is 483 g/mol. The number of carbonyl (C=O) groups excluding carboxylic acids is 1. The van der Waals surface area contributed by atoms with Crippen molar-refractivity contribution < 1.29 is 22.7 Å². The monoisotopic (exact) mass is 507 g/mol. The van der Waals surface area contributed by atoms with E-state index in [1.807, 2.05) is 26.0 Å². The largest absolute Gasteiger partial charge is 0.467 e. The number of halogens is 4. The lowest BCUT2D eigenvalue weighted by molar-refractivity contribution is -0.148. The average molecular weight is 508 g/mol. The van der Waals surface area contributed by atoms with Gasteiger partial charge in [0.25, 0.3) is 0 Å². The molecule has 1 unspecified atom stereocenters. The number of hydrogen-bond acceptors (Lipinski definition) is 4. The zero-order chi connectivity index (χ0) is 24.7. The molecule has 1 aliphatic carbocycles. The predicted octanol–water partition coefficient (Wildman–Crippen LogP) is 7.71. The Hall–Kier alpha value is -2.51. The van der Waals surface area contributed by atoms with Gasteiger partial charge in [0.15, 0.2) is 5.54 Å². The highest BCUT2D eigenvalue weighted by Crippen LogP contribution is 2.45. The van der Waals surface area contributed by atoms with Crippen LogP contribution in [-0.2, 0) is 34.1 Å². The number of alkyl halides is 3. The lowest BCUT2D eigenvalue weighted by Crippen LogP contribution is -2.49. The van der Waals surface area contributed by atoms with Crippen molar-refractivity contribution in [2.75, 3.05) is 12.4 Å². The maximum absolute atomic E-state index is 13.5. The fraction of sp³-hybridized carbons (Fsp3) is 0.346. The minimum Gasteiger partial charge on any atom is -0.467 e. The van der Waals surface area contributed by atoms with E-state index in [0.29, 0.717) is 0 Å². The van der Waals surface area contributed by atoms with Gasteiger partial charge in [-0.1, -0.05) is 43.6 Å². The fourth-order valence-corrected chi connectivity index (χ4v) is 5.98. The van der Waals surface area contributed by atoms with Crippen molar-refractivity contribution in [3.8, 4) is 10.4 Å². The smallest absolute Gasteiger partial charge is 0.416 e. The molecule has 0 saturated heterocycles. The van der Waals surface area contributed by atoms with E-state index in [-0.39, 0.29) is 16.6 Å². The molecule has 4 rings (SSSR count). The Bertz CT molecular complexity index is 1220. The van der Waals surface area contributed by atoms with Crippen molar-refractivity contribution in [3.05, 3.63) is 75.1 Å². The van der Waals surface area contributed by atoms with Crippen LogP contribution in [0.3, 0.4) is 0 Å². The van der Waals surface area contributed by atoms with Crippen molar-refractivity contribution >= 4 is 34.6 Å². The molecule has 0 radical (unpaired) electrons. The summed E-state index contributed by atoms with van der Waals surface area (Å²) >= 11 is 7.96. The van der Waals surface area contributed by atoms with E-state index in [1.54, 1.807) is 11.3 Å². The Morgan fingerprint density at radius 3 is 2.56 bits per heavy atom. The summed E-state index contributed by atoms with van der Waals surface area (Å²) in [6.45, 7) is 3.77. The third-order valence-corrected chi connectivity index (χ3v) is 7.77. The van der Waals surface area contributed by atoms with E-state index in [2.05, 4.69) is 22.8 Å². The number of rotatable bonds is 5. The number of carbonyl (C=O) groups is 1. The Kier molecular flexibility index (Phi) is 6.71. The molecule has 1 aromatic heterocycles. The first-order valence-corrected chi connectivity index (χ1v) is 12.3. The van der Waals surface area contributed by atoms with E-state index in [4.69, 9.17) is 16.3 Å². The summed E-state index contributed by atoms with van der Waals surface area (Å²) < 4.78 is 44.8. The van der Waals surface area contributed by atoms with Crippen molar-refractivity contribution in [1.29, 1.82) is 0 Å². The van der Waals surface area contributed by atoms with Crippen LogP contribution in [0.2, 0.25) is 5.02 Å². The zero-order valence-electron chi connectivity index (χ0n) is 19.1. The highest BCUT2D eigenvalue weighted by molar-refractivity contribution is 7.13. The van der Waals surface area contributed by atoms with Crippen LogP contribution in [0.15, 0.2) is 47.8 Å². The lowest BCUT2D eigenvalue weighted by atomic mass is 9.75. The van der Waals surface area contributed by atoms with Gasteiger partial charge in [-0.25, -0.2) is 4.79 Å². The zero-order valence-corrected chi connectivity index (χ0v) is 20.6.